The van der Waals surface area contributed by atoms with Gasteiger partial charge in [-0.25, -0.2) is 0 Å². The van der Waals surface area contributed by atoms with Crippen LogP contribution in [0, 0.1) is 0 Å². The monoisotopic (exact) mass is 319 g/mol. The van der Waals surface area contributed by atoms with E-state index in [1.54, 1.807) is 13.2 Å². The molecule has 1 atom stereocenters. The van der Waals surface area contributed by atoms with Gasteiger partial charge in [0.1, 0.15) is 11.8 Å². The van der Waals surface area contributed by atoms with E-state index in [2.05, 4.69) is 0 Å². The minimum Gasteiger partial charge on any atom is -0.496 e. The Hall–Kier alpha value is -2.57. The van der Waals surface area contributed by atoms with E-state index in [0.717, 1.165) is 5.56 Å². The van der Waals surface area contributed by atoms with Crippen molar-refractivity contribution >= 4 is 17.7 Å². The van der Waals surface area contributed by atoms with E-state index in [9.17, 15) is 14.4 Å². The molecule has 0 bridgehead atoms. The summed E-state index contributed by atoms with van der Waals surface area (Å²) in [7, 11) is 1.54. The molecular formula is C16H21N3O4. The van der Waals surface area contributed by atoms with Crippen molar-refractivity contribution in [3.8, 4) is 5.75 Å². The number of para-hydroxylation sites is 1. The Morgan fingerprint density at radius 3 is 2.57 bits per heavy atom. The van der Waals surface area contributed by atoms with Gasteiger partial charge in [-0.05, 0) is 6.07 Å². The number of hydrogen-bond donors (Lipinski definition) is 1. The number of methoxy groups -OCH3 is 1. The average Bonchev–Trinajstić information content (AvgIpc) is 2.54. The maximum Gasteiger partial charge on any atom is 0.242 e. The lowest BCUT2D eigenvalue weighted by molar-refractivity contribution is -0.146. The summed E-state index contributed by atoms with van der Waals surface area (Å²) in [5.74, 6) is -0.322. The first-order chi connectivity index (χ1) is 10.9. The number of piperazine rings is 1. The van der Waals surface area contributed by atoms with Gasteiger partial charge in [0.05, 0.1) is 20.1 Å². The molecule has 0 radical (unpaired) electrons. The molecule has 1 heterocycles. The molecule has 0 aliphatic carbocycles. The topological polar surface area (TPSA) is 92.9 Å². The average molecular weight is 319 g/mol. The molecule has 7 nitrogen and oxygen atoms in total. The van der Waals surface area contributed by atoms with E-state index in [0.29, 0.717) is 18.8 Å². The number of nitrogens with zero attached hydrogens (tertiary/aromatic N) is 2. The molecule has 23 heavy (non-hydrogen) atoms. The Bertz CT molecular complexity index is 617. The highest BCUT2D eigenvalue weighted by molar-refractivity contribution is 5.89. The van der Waals surface area contributed by atoms with Gasteiger partial charge in [-0.2, -0.15) is 0 Å². The Balaban J connectivity index is 2.14. The number of amides is 3. The summed E-state index contributed by atoms with van der Waals surface area (Å²) in [5, 5.41) is 0. The quantitative estimate of drug-likeness (QED) is 0.830. The van der Waals surface area contributed by atoms with Crippen LogP contribution in [0.2, 0.25) is 0 Å². The molecule has 2 rings (SSSR count). The number of nitrogens with two attached hydrogens (primary N) is 1. The van der Waals surface area contributed by atoms with Crippen LogP contribution in [0.15, 0.2) is 24.3 Å². The third-order valence-electron chi connectivity index (χ3n) is 4.01. The van der Waals surface area contributed by atoms with E-state index >= 15 is 0 Å². The number of carbonyl (C=O) groups is 3. The van der Waals surface area contributed by atoms with Crippen molar-refractivity contribution in [3.63, 3.8) is 0 Å². The third kappa shape index (κ3) is 3.80. The zero-order chi connectivity index (χ0) is 17.0. The molecule has 3 amide bonds. The lowest BCUT2D eigenvalue weighted by Crippen LogP contribution is -2.60. The van der Waals surface area contributed by atoms with E-state index in [-0.39, 0.29) is 24.8 Å². The van der Waals surface area contributed by atoms with Crippen molar-refractivity contribution in [3.05, 3.63) is 29.8 Å². The Kier molecular flexibility index (Phi) is 5.20. The molecule has 1 unspecified atom stereocenters. The molecule has 1 saturated heterocycles. The third-order valence-corrected chi connectivity index (χ3v) is 4.01. The molecule has 7 heteroatoms. The highest BCUT2D eigenvalue weighted by atomic mass is 16.5. The Morgan fingerprint density at radius 2 is 1.96 bits per heavy atom. The Labute approximate surface area is 135 Å². The van der Waals surface area contributed by atoms with Crippen LogP contribution in [0.3, 0.4) is 0 Å². The zero-order valence-corrected chi connectivity index (χ0v) is 13.3. The van der Waals surface area contributed by atoms with Gasteiger partial charge in [0, 0.05) is 25.6 Å². The Morgan fingerprint density at radius 1 is 1.26 bits per heavy atom. The zero-order valence-electron chi connectivity index (χ0n) is 13.3. The molecule has 1 aromatic rings. The summed E-state index contributed by atoms with van der Waals surface area (Å²) in [6.45, 7) is 2.27. The van der Waals surface area contributed by atoms with Crippen molar-refractivity contribution < 1.29 is 19.1 Å². The first kappa shape index (κ1) is 16.8. The number of primary amides is 1. The first-order valence-corrected chi connectivity index (χ1v) is 7.40. The van der Waals surface area contributed by atoms with Gasteiger partial charge in [-0.15, -0.1) is 0 Å². The van der Waals surface area contributed by atoms with Crippen LogP contribution in [-0.2, 0) is 20.8 Å². The summed E-state index contributed by atoms with van der Waals surface area (Å²) in [5.41, 5.74) is 6.16. The van der Waals surface area contributed by atoms with Crippen LogP contribution < -0.4 is 10.5 Å². The van der Waals surface area contributed by atoms with Crippen LogP contribution in [0.4, 0.5) is 0 Å². The highest BCUT2D eigenvalue weighted by Crippen LogP contribution is 2.20. The summed E-state index contributed by atoms with van der Waals surface area (Å²) >= 11 is 0. The lowest BCUT2D eigenvalue weighted by Gasteiger charge is -2.39. The number of rotatable bonds is 4. The molecule has 1 aromatic carbocycles. The maximum atomic E-state index is 12.6. The fourth-order valence-corrected chi connectivity index (χ4v) is 2.72. The van der Waals surface area contributed by atoms with E-state index in [1.165, 1.54) is 16.7 Å². The summed E-state index contributed by atoms with van der Waals surface area (Å²) < 4.78 is 5.24. The second-order valence-electron chi connectivity index (χ2n) is 5.46. The number of hydrogen-bond acceptors (Lipinski definition) is 4. The molecule has 1 aliphatic heterocycles. The van der Waals surface area contributed by atoms with Gasteiger partial charge in [0.15, 0.2) is 0 Å². The second kappa shape index (κ2) is 7.13. The van der Waals surface area contributed by atoms with Crippen LogP contribution in [0.25, 0.3) is 0 Å². The molecule has 2 N–H and O–H groups in total. The predicted molar refractivity (Wildman–Crippen MR) is 83.6 cm³/mol. The maximum absolute atomic E-state index is 12.6. The molecule has 1 aliphatic rings. The van der Waals surface area contributed by atoms with Crippen molar-refractivity contribution in [2.75, 3.05) is 26.7 Å². The first-order valence-electron chi connectivity index (χ1n) is 7.40. The van der Waals surface area contributed by atoms with E-state index in [1.807, 2.05) is 18.2 Å². The standard InChI is InChI=1S/C16H21N3O4/c1-11(20)18-7-8-19(13(10-18)16(17)22)15(21)9-12-5-3-4-6-14(12)23-2/h3-6,13H,7-10H2,1-2H3,(H2,17,22). The minimum atomic E-state index is -0.796. The summed E-state index contributed by atoms with van der Waals surface area (Å²) in [6.07, 6.45) is 0.119. The van der Waals surface area contributed by atoms with Crippen molar-refractivity contribution in [2.45, 2.75) is 19.4 Å². The van der Waals surface area contributed by atoms with Crippen LogP contribution in [-0.4, -0.2) is 60.3 Å². The number of benzene rings is 1. The normalized spacial score (nSPS) is 17.7. The van der Waals surface area contributed by atoms with Gasteiger partial charge < -0.3 is 20.3 Å². The van der Waals surface area contributed by atoms with Gasteiger partial charge >= 0.3 is 0 Å². The molecule has 0 spiro atoms. The van der Waals surface area contributed by atoms with E-state index < -0.39 is 11.9 Å². The summed E-state index contributed by atoms with van der Waals surface area (Å²) in [6, 6.07) is 6.44. The fourth-order valence-electron chi connectivity index (χ4n) is 2.72. The fraction of sp³-hybridized carbons (Fsp3) is 0.438. The smallest absolute Gasteiger partial charge is 0.242 e. The largest absolute Gasteiger partial charge is 0.496 e. The number of ether oxygens (including phenoxy) is 1. The molecule has 124 valence electrons. The predicted octanol–water partition coefficient (Wildman–Crippen LogP) is -0.218. The van der Waals surface area contributed by atoms with Crippen molar-refractivity contribution in [2.24, 2.45) is 5.73 Å². The van der Waals surface area contributed by atoms with Crippen molar-refractivity contribution in [1.29, 1.82) is 0 Å². The molecule has 0 saturated carbocycles. The van der Waals surface area contributed by atoms with Gasteiger partial charge in [-0.3, -0.25) is 14.4 Å². The minimum absolute atomic E-state index is 0.119. The van der Waals surface area contributed by atoms with Crippen molar-refractivity contribution in [1.82, 2.24) is 9.80 Å². The summed E-state index contributed by atoms with van der Waals surface area (Å²) in [4.78, 5) is 38.7. The SMILES string of the molecule is COc1ccccc1CC(=O)N1CCN(C(C)=O)CC1C(N)=O. The number of carbonyl (C=O) groups excluding carboxylic acids is 3. The van der Waals surface area contributed by atoms with Crippen LogP contribution in [0.1, 0.15) is 12.5 Å². The van der Waals surface area contributed by atoms with Crippen LogP contribution >= 0.6 is 0 Å². The highest BCUT2D eigenvalue weighted by Gasteiger charge is 2.35. The molecule has 1 fully saturated rings. The van der Waals surface area contributed by atoms with Crippen LogP contribution in [0.5, 0.6) is 5.75 Å². The second-order valence-corrected chi connectivity index (χ2v) is 5.46. The lowest BCUT2D eigenvalue weighted by atomic mass is 10.1. The molecular weight excluding hydrogens is 298 g/mol. The van der Waals surface area contributed by atoms with Gasteiger partial charge in [0.2, 0.25) is 17.7 Å². The molecule has 0 aromatic heterocycles. The van der Waals surface area contributed by atoms with Gasteiger partial charge in [-0.1, -0.05) is 18.2 Å². The van der Waals surface area contributed by atoms with Gasteiger partial charge in [0.25, 0.3) is 0 Å². The van der Waals surface area contributed by atoms with E-state index in [4.69, 9.17) is 10.5 Å².